The number of para-hydroxylation sites is 1. The third-order valence-electron chi connectivity index (χ3n) is 4.89. The second-order valence-corrected chi connectivity index (χ2v) is 9.41. The maximum Gasteiger partial charge on any atom is 0.261 e. The van der Waals surface area contributed by atoms with Crippen molar-refractivity contribution in [1.82, 2.24) is 25.1 Å². The third kappa shape index (κ3) is 4.00. The molecule has 0 fully saturated rings. The number of rotatable bonds is 6. The molecule has 0 aliphatic carbocycles. The van der Waals surface area contributed by atoms with E-state index >= 15 is 0 Å². The summed E-state index contributed by atoms with van der Waals surface area (Å²) in [5.41, 5.74) is 3.67. The van der Waals surface area contributed by atoms with Gasteiger partial charge < -0.3 is 10.2 Å². The number of hydrogen-bond donors (Lipinski definition) is 1. The van der Waals surface area contributed by atoms with Crippen molar-refractivity contribution >= 4 is 43.2 Å². The number of benzene rings is 1. The first-order valence-electron chi connectivity index (χ1n) is 9.99. The summed E-state index contributed by atoms with van der Waals surface area (Å²) < 4.78 is 2.86. The fourth-order valence-corrected chi connectivity index (χ4v) is 5.34. The van der Waals surface area contributed by atoms with E-state index in [1.807, 2.05) is 78.4 Å². The van der Waals surface area contributed by atoms with Gasteiger partial charge in [0, 0.05) is 50.4 Å². The first kappa shape index (κ1) is 20.3. The van der Waals surface area contributed by atoms with E-state index in [-0.39, 0.29) is 5.91 Å². The summed E-state index contributed by atoms with van der Waals surface area (Å²) in [6.07, 6.45) is 5.45. The quantitative estimate of drug-likeness (QED) is 0.401. The third-order valence-corrected chi connectivity index (χ3v) is 7.22. The minimum absolute atomic E-state index is 0.111. The number of nitrogens with zero attached hydrogens (tertiary/aromatic N) is 5. The number of carbonyl (C=O) groups is 1. The summed E-state index contributed by atoms with van der Waals surface area (Å²) in [7, 11) is 3.93. The van der Waals surface area contributed by atoms with Crippen LogP contribution in [-0.2, 0) is 6.54 Å². The largest absolute Gasteiger partial charge is 0.354 e. The highest BCUT2D eigenvalue weighted by Gasteiger charge is 2.17. The maximum atomic E-state index is 12.9. The van der Waals surface area contributed by atoms with Crippen molar-refractivity contribution in [3.63, 3.8) is 0 Å². The minimum atomic E-state index is -0.111. The Morgan fingerprint density at radius 1 is 1.09 bits per heavy atom. The fraction of sp³-hybridized carbons (Fsp3) is 0.130. The topological polar surface area (TPSA) is 75.9 Å². The van der Waals surface area contributed by atoms with Gasteiger partial charge in [-0.2, -0.15) is 5.10 Å². The van der Waals surface area contributed by atoms with Crippen LogP contribution in [0.2, 0.25) is 0 Å². The molecule has 1 aromatic carbocycles. The Labute approximate surface area is 193 Å². The van der Waals surface area contributed by atoms with E-state index in [9.17, 15) is 4.79 Å². The number of anilines is 1. The molecule has 1 N–H and O–H groups in total. The van der Waals surface area contributed by atoms with E-state index in [1.54, 1.807) is 23.7 Å². The van der Waals surface area contributed by atoms with Gasteiger partial charge in [0.15, 0.2) is 5.13 Å². The Morgan fingerprint density at radius 3 is 2.59 bits per heavy atom. The molecular weight excluding hydrogens is 440 g/mol. The van der Waals surface area contributed by atoms with Crippen LogP contribution >= 0.6 is 22.7 Å². The highest BCUT2D eigenvalue weighted by atomic mass is 32.1. The summed E-state index contributed by atoms with van der Waals surface area (Å²) in [4.78, 5) is 25.1. The molecule has 0 aliphatic rings. The molecular formula is C23H20N6OS2. The van der Waals surface area contributed by atoms with Crippen LogP contribution in [0.3, 0.4) is 0 Å². The van der Waals surface area contributed by atoms with Gasteiger partial charge in [-0.1, -0.05) is 29.5 Å². The Kier molecular flexibility index (Phi) is 5.42. The maximum absolute atomic E-state index is 12.9. The van der Waals surface area contributed by atoms with Crippen LogP contribution in [0.15, 0.2) is 67.1 Å². The summed E-state index contributed by atoms with van der Waals surface area (Å²) in [5.74, 6) is -0.111. The number of thiazole rings is 1. The lowest BCUT2D eigenvalue weighted by molar-refractivity contribution is 0.0955. The average Bonchev–Trinajstić information content (AvgIpc) is 3.52. The Morgan fingerprint density at radius 2 is 1.88 bits per heavy atom. The molecule has 4 heterocycles. The molecule has 0 unspecified atom stereocenters. The molecule has 0 aliphatic heterocycles. The van der Waals surface area contributed by atoms with Gasteiger partial charge in [-0.05, 0) is 30.3 Å². The van der Waals surface area contributed by atoms with Crippen LogP contribution in [-0.4, -0.2) is 39.8 Å². The van der Waals surface area contributed by atoms with Gasteiger partial charge in [0.05, 0.1) is 21.0 Å². The van der Waals surface area contributed by atoms with Crippen molar-refractivity contribution in [2.24, 2.45) is 0 Å². The van der Waals surface area contributed by atoms with E-state index in [1.165, 1.54) is 11.3 Å². The molecule has 0 bridgehead atoms. The van der Waals surface area contributed by atoms with Crippen molar-refractivity contribution in [2.75, 3.05) is 19.0 Å². The Hall–Kier alpha value is -3.56. The standard InChI is InChI=1S/C23H20N6OS2/c1-28(2)23-26-22-19(32-23)12-18(31-22)21(30)25-13-16-14-29(17-6-4-3-5-7-17)27-20(16)15-8-10-24-11-9-15/h3-12,14H,13H2,1-2H3,(H,25,30). The minimum Gasteiger partial charge on any atom is -0.354 e. The van der Waals surface area contributed by atoms with Crippen molar-refractivity contribution < 1.29 is 4.79 Å². The van der Waals surface area contributed by atoms with Crippen molar-refractivity contribution in [3.8, 4) is 16.9 Å². The second-order valence-electron chi connectivity index (χ2n) is 7.37. The zero-order valence-corrected chi connectivity index (χ0v) is 19.2. The Bertz CT molecular complexity index is 1340. The number of hydrogen-bond acceptors (Lipinski definition) is 7. The monoisotopic (exact) mass is 460 g/mol. The zero-order valence-electron chi connectivity index (χ0n) is 17.5. The summed E-state index contributed by atoms with van der Waals surface area (Å²) in [6.45, 7) is 0.366. The van der Waals surface area contributed by atoms with Crippen LogP contribution < -0.4 is 10.2 Å². The number of nitrogens with one attached hydrogen (secondary N) is 1. The Balaban J connectivity index is 1.40. The molecule has 160 valence electrons. The van der Waals surface area contributed by atoms with Gasteiger partial charge in [-0.3, -0.25) is 9.78 Å². The van der Waals surface area contributed by atoms with E-state index in [0.717, 1.165) is 37.2 Å². The molecule has 0 saturated heterocycles. The molecule has 7 nitrogen and oxygen atoms in total. The lowest BCUT2D eigenvalue weighted by Crippen LogP contribution is -2.21. The molecule has 4 aromatic heterocycles. The summed E-state index contributed by atoms with van der Waals surface area (Å²) in [6, 6.07) is 15.7. The normalized spacial score (nSPS) is 11.1. The van der Waals surface area contributed by atoms with Crippen LogP contribution in [0.1, 0.15) is 15.2 Å². The van der Waals surface area contributed by atoms with Crippen molar-refractivity contribution in [3.05, 3.63) is 77.6 Å². The fourth-order valence-electron chi connectivity index (χ4n) is 3.29. The summed E-state index contributed by atoms with van der Waals surface area (Å²) in [5, 5.41) is 8.77. The van der Waals surface area contributed by atoms with Gasteiger partial charge in [0.25, 0.3) is 5.91 Å². The van der Waals surface area contributed by atoms with E-state index in [4.69, 9.17) is 5.10 Å². The highest BCUT2D eigenvalue weighted by Crippen LogP contribution is 2.34. The average molecular weight is 461 g/mol. The molecule has 1 amide bonds. The van der Waals surface area contributed by atoms with Gasteiger partial charge >= 0.3 is 0 Å². The van der Waals surface area contributed by atoms with E-state index in [0.29, 0.717) is 11.4 Å². The number of fused-ring (bicyclic) bond motifs is 1. The predicted octanol–water partition coefficient (Wildman–Crippen LogP) is 4.60. The number of amides is 1. The zero-order chi connectivity index (χ0) is 22.1. The molecule has 5 aromatic rings. The van der Waals surface area contributed by atoms with Gasteiger partial charge in [-0.25, -0.2) is 9.67 Å². The second kappa shape index (κ2) is 8.52. The SMILES string of the molecule is CN(C)c1nc2sc(C(=O)NCc3cn(-c4ccccc4)nc3-c3ccncc3)cc2s1. The smallest absolute Gasteiger partial charge is 0.261 e. The summed E-state index contributed by atoms with van der Waals surface area (Å²) >= 11 is 3.00. The highest BCUT2D eigenvalue weighted by molar-refractivity contribution is 7.29. The number of thiophene rings is 1. The molecule has 0 saturated carbocycles. The van der Waals surface area contributed by atoms with Crippen molar-refractivity contribution in [1.29, 1.82) is 0 Å². The van der Waals surface area contributed by atoms with Crippen LogP contribution in [0.5, 0.6) is 0 Å². The van der Waals surface area contributed by atoms with Crippen LogP contribution in [0.4, 0.5) is 5.13 Å². The van der Waals surface area contributed by atoms with E-state index < -0.39 is 0 Å². The molecule has 0 spiro atoms. The first-order valence-corrected chi connectivity index (χ1v) is 11.6. The lowest BCUT2D eigenvalue weighted by atomic mass is 10.1. The van der Waals surface area contributed by atoms with Crippen molar-refractivity contribution in [2.45, 2.75) is 6.54 Å². The molecule has 9 heteroatoms. The van der Waals surface area contributed by atoms with Crippen LogP contribution in [0, 0.1) is 0 Å². The molecule has 32 heavy (non-hydrogen) atoms. The predicted molar refractivity (Wildman–Crippen MR) is 130 cm³/mol. The van der Waals surface area contributed by atoms with Gasteiger partial charge in [0.2, 0.25) is 0 Å². The molecule has 0 atom stereocenters. The molecule has 0 radical (unpaired) electrons. The first-order chi connectivity index (χ1) is 15.6. The van der Waals surface area contributed by atoms with Gasteiger partial charge in [0.1, 0.15) is 4.83 Å². The number of aromatic nitrogens is 4. The van der Waals surface area contributed by atoms with Gasteiger partial charge in [-0.15, -0.1) is 11.3 Å². The molecule has 5 rings (SSSR count). The van der Waals surface area contributed by atoms with E-state index in [2.05, 4.69) is 15.3 Å². The lowest BCUT2D eigenvalue weighted by Gasteiger charge is -2.05. The number of carbonyl (C=O) groups excluding carboxylic acids is 1. The number of pyridine rings is 1. The van der Waals surface area contributed by atoms with Crippen LogP contribution in [0.25, 0.3) is 26.5 Å².